The summed E-state index contributed by atoms with van der Waals surface area (Å²) >= 11 is 0. The lowest BCUT2D eigenvalue weighted by Gasteiger charge is -2.28. The second-order valence-corrected chi connectivity index (χ2v) is 4.31. The first-order chi connectivity index (χ1) is 7.61. The first-order valence-corrected chi connectivity index (χ1v) is 5.59. The smallest absolute Gasteiger partial charge is 0.122 e. The quantitative estimate of drug-likeness (QED) is 0.794. The van der Waals surface area contributed by atoms with Gasteiger partial charge < -0.3 is 15.6 Å². The number of ether oxygens (including phenoxy) is 1. The molecule has 0 spiro atoms. The van der Waals surface area contributed by atoms with Gasteiger partial charge in [0.1, 0.15) is 5.75 Å². The molecule has 0 aliphatic heterocycles. The Morgan fingerprint density at radius 3 is 2.56 bits per heavy atom. The van der Waals surface area contributed by atoms with Gasteiger partial charge in [0.25, 0.3) is 0 Å². The van der Waals surface area contributed by atoms with Gasteiger partial charge in [-0.3, -0.25) is 0 Å². The molecule has 0 aromatic heterocycles. The fourth-order valence-corrected chi connectivity index (χ4v) is 1.71. The molecule has 0 saturated heterocycles. The van der Waals surface area contributed by atoms with Crippen LogP contribution in [0, 0.1) is 0 Å². The molecule has 0 amide bonds. The SMILES string of the molecule is CCc1ccc(OC)c(C(C)(CN)CO)c1. The average Bonchev–Trinajstić information content (AvgIpc) is 2.37. The van der Waals surface area contributed by atoms with E-state index >= 15 is 0 Å². The Morgan fingerprint density at radius 1 is 1.44 bits per heavy atom. The minimum absolute atomic E-state index is 0.0209. The molecule has 1 atom stereocenters. The monoisotopic (exact) mass is 223 g/mol. The van der Waals surface area contributed by atoms with Crippen LogP contribution in [0.15, 0.2) is 18.2 Å². The summed E-state index contributed by atoms with van der Waals surface area (Å²) < 4.78 is 5.33. The summed E-state index contributed by atoms with van der Waals surface area (Å²) in [5, 5.41) is 9.49. The molecule has 0 saturated carbocycles. The fourth-order valence-electron chi connectivity index (χ4n) is 1.71. The summed E-state index contributed by atoms with van der Waals surface area (Å²) in [6, 6.07) is 6.05. The largest absolute Gasteiger partial charge is 0.496 e. The summed E-state index contributed by atoms with van der Waals surface area (Å²) in [5.74, 6) is 0.791. The van der Waals surface area contributed by atoms with Gasteiger partial charge in [0.05, 0.1) is 13.7 Å². The first kappa shape index (κ1) is 13.0. The first-order valence-electron chi connectivity index (χ1n) is 5.59. The topological polar surface area (TPSA) is 55.5 Å². The molecule has 16 heavy (non-hydrogen) atoms. The van der Waals surface area contributed by atoms with Gasteiger partial charge >= 0.3 is 0 Å². The fraction of sp³-hybridized carbons (Fsp3) is 0.538. The Balaban J connectivity index is 3.27. The Morgan fingerprint density at radius 2 is 2.12 bits per heavy atom. The van der Waals surface area contributed by atoms with Crippen molar-refractivity contribution in [2.75, 3.05) is 20.3 Å². The van der Waals surface area contributed by atoms with Crippen LogP contribution >= 0.6 is 0 Å². The zero-order valence-corrected chi connectivity index (χ0v) is 10.3. The van der Waals surface area contributed by atoms with E-state index in [1.165, 1.54) is 5.56 Å². The number of aliphatic hydroxyl groups is 1. The molecule has 3 nitrogen and oxygen atoms in total. The summed E-state index contributed by atoms with van der Waals surface area (Å²) in [5.41, 5.74) is 7.53. The number of rotatable bonds is 5. The van der Waals surface area contributed by atoms with E-state index in [0.717, 1.165) is 17.7 Å². The van der Waals surface area contributed by atoms with Crippen molar-refractivity contribution in [3.8, 4) is 5.75 Å². The van der Waals surface area contributed by atoms with Crippen LogP contribution in [0.4, 0.5) is 0 Å². The van der Waals surface area contributed by atoms with Gasteiger partial charge in [-0.15, -0.1) is 0 Å². The Bertz CT molecular complexity index is 346. The van der Waals surface area contributed by atoms with Crippen LogP contribution in [0.3, 0.4) is 0 Å². The molecular formula is C13H21NO2. The molecule has 1 unspecified atom stereocenters. The molecule has 0 radical (unpaired) electrons. The van der Waals surface area contributed by atoms with E-state index in [-0.39, 0.29) is 6.61 Å². The normalized spacial score (nSPS) is 14.6. The Hall–Kier alpha value is -1.06. The predicted octanol–water partition coefficient (Wildman–Crippen LogP) is 1.47. The lowest BCUT2D eigenvalue weighted by atomic mass is 9.82. The molecule has 0 heterocycles. The van der Waals surface area contributed by atoms with Crippen LogP contribution in [0.2, 0.25) is 0 Å². The average molecular weight is 223 g/mol. The van der Waals surface area contributed by atoms with E-state index in [1.54, 1.807) is 7.11 Å². The molecule has 0 aliphatic rings. The van der Waals surface area contributed by atoms with Crippen molar-refractivity contribution in [1.82, 2.24) is 0 Å². The lowest BCUT2D eigenvalue weighted by molar-refractivity contribution is 0.206. The molecule has 3 heteroatoms. The van der Waals surface area contributed by atoms with Crippen molar-refractivity contribution < 1.29 is 9.84 Å². The van der Waals surface area contributed by atoms with Crippen molar-refractivity contribution in [3.05, 3.63) is 29.3 Å². The van der Waals surface area contributed by atoms with E-state index in [2.05, 4.69) is 13.0 Å². The zero-order valence-electron chi connectivity index (χ0n) is 10.3. The van der Waals surface area contributed by atoms with Crippen molar-refractivity contribution in [1.29, 1.82) is 0 Å². The van der Waals surface area contributed by atoms with Gasteiger partial charge in [0.15, 0.2) is 0 Å². The maximum Gasteiger partial charge on any atom is 0.122 e. The van der Waals surface area contributed by atoms with E-state index in [4.69, 9.17) is 10.5 Å². The van der Waals surface area contributed by atoms with Crippen LogP contribution in [0.1, 0.15) is 25.0 Å². The molecule has 0 bridgehead atoms. The Labute approximate surface area is 97.2 Å². The third kappa shape index (κ3) is 2.36. The number of methoxy groups -OCH3 is 1. The van der Waals surface area contributed by atoms with Crippen LogP contribution in [-0.2, 0) is 11.8 Å². The van der Waals surface area contributed by atoms with Crippen LogP contribution in [0.25, 0.3) is 0 Å². The van der Waals surface area contributed by atoms with E-state index < -0.39 is 5.41 Å². The van der Waals surface area contributed by atoms with E-state index in [9.17, 15) is 5.11 Å². The summed E-state index contributed by atoms with van der Waals surface area (Å²) in [6.45, 7) is 4.47. The van der Waals surface area contributed by atoms with Crippen molar-refractivity contribution in [3.63, 3.8) is 0 Å². The highest BCUT2D eigenvalue weighted by Crippen LogP contribution is 2.31. The molecule has 3 N–H and O–H groups in total. The maximum atomic E-state index is 9.49. The number of hydrogen-bond acceptors (Lipinski definition) is 3. The highest BCUT2D eigenvalue weighted by molar-refractivity contribution is 5.42. The minimum atomic E-state index is -0.434. The molecule has 1 aromatic rings. The summed E-state index contributed by atoms with van der Waals surface area (Å²) in [6.07, 6.45) is 0.961. The van der Waals surface area contributed by atoms with Crippen molar-refractivity contribution in [2.24, 2.45) is 5.73 Å². The molecular weight excluding hydrogens is 202 g/mol. The van der Waals surface area contributed by atoms with Crippen LogP contribution < -0.4 is 10.5 Å². The highest BCUT2D eigenvalue weighted by Gasteiger charge is 2.27. The van der Waals surface area contributed by atoms with Crippen molar-refractivity contribution in [2.45, 2.75) is 25.7 Å². The second-order valence-electron chi connectivity index (χ2n) is 4.31. The van der Waals surface area contributed by atoms with E-state index in [0.29, 0.717) is 6.54 Å². The van der Waals surface area contributed by atoms with Gasteiger partial charge in [-0.1, -0.05) is 26.0 Å². The lowest BCUT2D eigenvalue weighted by Crippen LogP contribution is -2.36. The Kier molecular flexibility index (Phi) is 4.33. The zero-order chi connectivity index (χ0) is 12.2. The summed E-state index contributed by atoms with van der Waals surface area (Å²) in [7, 11) is 1.64. The molecule has 90 valence electrons. The second kappa shape index (κ2) is 5.32. The third-order valence-corrected chi connectivity index (χ3v) is 3.12. The number of aryl methyl sites for hydroxylation is 1. The van der Waals surface area contributed by atoms with Crippen LogP contribution in [-0.4, -0.2) is 25.4 Å². The maximum absolute atomic E-state index is 9.49. The van der Waals surface area contributed by atoms with Crippen molar-refractivity contribution >= 4 is 0 Å². The van der Waals surface area contributed by atoms with Gasteiger partial charge in [-0.25, -0.2) is 0 Å². The standard InChI is InChI=1S/C13H21NO2/c1-4-10-5-6-12(16-3)11(7-10)13(2,8-14)9-15/h5-7,15H,4,8-9,14H2,1-3H3. The van der Waals surface area contributed by atoms with Crippen LogP contribution in [0.5, 0.6) is 5.75 Å². The third-order valence-electron chi connectivity index (χ3n) is 3.12. The minimum Gasteiger partial charge on any atom is -0.496 e. The molecule has 1 aromatic carbocycles. The van der Waals surface area contributed by atoms with E-state index in [1.807, 2.05) is 19.1 Å². The molecule has 1 rings (SSSR count). The predicted molar refractivity (Wildman–Crippen MR) is 65.9 cm³/mol. The number of nitrogens with two attached hydrogens (primary N) is 1. The van der Waals surface area contributed by atoms with Gasteiger partial charge in [-0.2, -0.15) is 0 Å². The number of aliphatic hydroxyl groups excluding tert-OH is 1. The van der Waals surface area contributed by atoms with Gasteiger partial charge in [0, 0.05) is 17.5 Å². The molecule has 0 fully saturated rings. The number of benzene rings is 1. The van der Waals surface area contributed by atoms with Gasteiger partial charge in [-0.05, 0) is 18.1 Å². The highest BCUT2D eigenvalue weighted by atomic mass is 16.5. The molecule has 0 aliphatic carbocycles. The summed E-state index contributed by atoms with van der Waals surface area (Å²) in [4.78, 5) is 0. The van der Waals surface area contributed by atoms with Gasteiger partial charge in [0.2, 0.25) is 0 Å². The number of hydrogen-bond donors (Lipinski definition) is 2.